The Bertz CT molecular complexity index is 1310. The fourth-order valence-electron chi connectivity index (χ4n) is 3.00. The molecule has 0 saturated heterocycles. The van der Waals surface area contributed by atoms with Crippen molar-refractivity contribution in [1.29, 1.82) is 0 Å². The van der Waals surface area contributed by atoms with Crippen LogP contribution < -0.4 is 0 Å². The number of carbonyl (C=O) groups excluding carboxylic acids is 1. The van der Waals surface area contributed by atoms with Crippen molar-refractivity contribution in [1.82, 2.24) is 8.96 Å². The summed E-state index contributed by atoms with van der Waals surface area (Å²) in [5.74, 6) is 0. The van der Waals surface area contributed by atoms with Crippen LogP contribution in [0.3, 0.4) is 0 Å². The zero-order valence-corrected chi connectivity index (χ0v) is 17.8. The van der Waals surface area contributed by atoms with Crippen LogP contribution in [0.2, 0.25) is 0 Å². The van der Waals surface area contributed by atoms with Crippen LogP contribution in [0, 0.1) is 10.5 Å². The van der Waals surface area contributed by atoms with Crippen molar-refractivity contribution < 1.29 is 13.2 Å². The second kappa shape index (κ2) is 7.14. The maximum Gasteiger partial charge on any atom is 0.269 e. The van der Waals surface area contributed by atoms with Crippen LogP contribution in [0.1, 0.15) is 15.9 Å². The predicted octanol–water partition coefficient (Wildman–Crippen LogP) is 4.67. The van der Waals surface area contributed by atoms with Crippen LogP contribution in [-0.2, 0) is 10.0 Å². The van der Waals surface area contributed by atoms with E-state index in [0.717, 1.165) is 31.9 Å². The summed E-state index contributed by atoms with van der Waals surface area (Å²) in [6.07, 6.45) is 4.01. The molecular formula is C21H15IN2O3S. The van der Waals surface area contributed by atoms with E-state index in [1.807, 2.05) is 19.1 Å². The Hall–Kier alpha value is -2.52. The fraction of sp³-hybridized carbons (Fsp3) is 0.0476. The smallest absolute Gasteiger partial charge is 0.269 e. The SMILES string of the molecule is Cc1ccc(S(=O)(=O)n2cc(I)c3cc(-c4cccc(C=O)c4)cnc32)cc1. The lowest BCUT2D eigenvalue weighted by atomic mass is 10.0. The minimum atomic E-state index is -3.75. The highest BCUT2D eigenvalue weighted by atomic mass is 127. The molecule has 4 aromatic rings. The molecule has 0 radical (unpaired) electrons. The number of pyridine rings is 1. The maximum atomic E-state index is 13.1. The molecule has 2 aromatic heterocycles. The average Bonchev–Trinajstić information content (AvgIpc) is 3.05. The molecule has 0 aliphatic heterocycles. The first kappa shape index (κ1) is 18.8. The lowest BCUT2D eigenvalue weighted by Gasteiger charge is -2.08. The van der Waals surface area contributed by atoms with E-state index in [9.17, 15) is 13.2 Å². The Morgan fingerprint density at radius 3 is 2.50 bits per heavy atom. The van der Waals surface area contributed by atoms with E-state index in [2.05, 4.69) is 27.6 Å². The van der Waals surface area contributed by atoms with Crippen molar-refractivity contribution in [3.05, 3.63) is 81.7 Å². The second-order valence-corrected chi connectivity index (χ2v) is 9.41. The number of aldehydes is 1. The van der Waals surface area contributed by atoms with E-state index < -0.39 is 10.0 Å². The molecule has 2 aromatic carbocycles. The van der Waals surface area contributed by atoms with E-state index in [1.54, 1.807) is 54.9 Å². The van der Waals surface area contributed by atoms with Crippen LogP contribution in [0.25, 0.3) is 22.2 Å². The predicted molar refractivity (Wildman–Crippen MR) is 117 cm³/mol. The molecule has 7 heteroatoms. The van der Waals surface area contributed by atoms with E-state index in [-0.39, 0.29) is 4.90 Å². The van der Waals surface area contributed by atoms with E-state index in [1.165, 1.54) is 3.97 Å². The molecule has 4 rings (SSSR count). The molecule has 0 atom stereocenters. The van der Waals surface area contributed by atoms with Gasteiger partial charge in [0.25, 0.3) is 10.0 Å². The Balaban J connectivity index is 1.86. The highest BCUT2D eigenvalue weighted by Crippen LogP contribution is 2.30. The number of nitrogens with zero attached hydrogens (tertiary/aromatic N) is 2. The summed E-state index contributed by atoms with van der Waals surface area (Å²) in [5, 5.41) is 0.741. The van der Waals surface area contributed by atoms with Crippen molar-refractivity contribution in [3.63, 3.8) is 0 Å². The normalized spacial score (nSPS) is 11.6. The van der Waals surface area contributed by atoms with Crippen LogP contribution in [0.15, 0.2) is 71.9 Å². The monoisotopic (exact) mass is 502 g/mol. The number of hydrogen-bond acceptors (Lipinski definition) is 4. The Kier molecular flexibility index (Phi) is 4.80. The average molecular weight is 502 g/mol. The topological polar surface area (TPSA) is 69.0 Å². The van der Waals surface area contributed by atoms with Gasteiger partial charge in [-0.2, -0.15) is 0 Å². The number of halogens is 1. The van der Waals surface area contributed by atoms with Crippen LogP contribution in [0.5, 0.6) is 0 Å². The molecule has 0 aliphatic carbocycles. The molecular weight excluding hydrogens is 487 g/mol. The summed E-state index contributed by atoms with van der Waals surface area (Å²) < 4.78 is 28.2. The molecule has 0 aliphatic rings. The minimum absolute atomic E-state index is 0.218. The van der Waals surface area contributed by atoms with Crippen LogP contribution in [-0.4, -0.2) is 23.7 Å². The first-order chi connectivity index (χ1) is 13.4. The van der Waals surface area contributed by atoms with Gasteiger partial charge in [0.1, 0.15) is 6.29 Å². The Morgan fingerprint density at radius 2 is 1.79 bits per heavy atom. The van der Waals surface area contributed by atoms with Crippen molar-refractivity contribution in [2.24, 2.45) is 0 Å². The zero-order chi connectivity index (χ0) is 19.9. The van der Waals surface area contributed by atoms with E-state index >= 15 is 0 Å². The zero-order valence-electron chi connectivity index (χ0n) is 14.8. The van der Waals surface area contributed by atoms with Gasteiger partial charge < -0.3 is 0 Å². The number of fused-ring (bicyclic) bond motifs is 1. The molecule has 0 spiro atoms. The van der Waals surface area contributed by atoms with Crippen molar-refractivity contribution >= 4 is 49.9 Å². The van der Waals surface area contributed by atoms with Gasteiger partial charge in [-0.3, -0.25) is 4.79 Å². The van der Waals surface area contributed by atoms with Crippen LogP contribution >= 0.6 is 22.6 Å². The number of benzene rings is 2. The maximum absolute atomic E-state index is 13.1. The standard InChI is InChI=1S/C21H15IN2O3S/c1-14-5-7-18(8-6-14)28(26,27)24-12-20(22)19-10-17(11-23-21(19)24)16-4-2-3-15(9-16)13-25/h2-13H,1H3. The largest absolute Gasteiger partial charge is 0.298 e. The third-order valence-corrected chi connectivity index (χ3v) is 7.02. The molecule has 0 bridgehead atoms. The number of hydrogen-bond donors (Lipinski definition) is 0. The van der Waals surface area contributed by atoms with Crippen molar-refractivity contribution in [2.75, 3.05) is 0 Å². The molecule has 2 heterocycles. The van der Waals surface area contributed by atoms with Gasteiger partial charge in [0, 0.05) is 32.5 Å². The van der Waals surface area contributed by atoms with Gasteiger partial charge in [-0.15, -0.1) is 0 Å². The summed E-state index contributed by atoms with van der Waals surface area (Å²) in [4.78, 5) is 15.7. The number of aromatic nitrogens is 2. The van der Waals surface area contributed by atoms with Gasteiger partial charge in [0.2, 0.25) is 0 Å². The van der Waals surface area contributed by atoms with E-state index in [0.29, 0.717) is 11.2 Å². The van der Waals surface area contributed by atoms with Gasteiger partial charge in [-0.25, -0.2) is 17.4 Å². The lowest BCUT2D eigenvalue weighted by molar-refractivity contribution is 0.112. The van der Waals surface area contributed by atoms with Gasteiger partial charge >= 0.3 is 0 Å². The summed E-state index contributed by atoms with van der Waals surface area (Å²) >= 11 is 2.11. The molecule has 0 unspecified atom stereocenters. The molecule has 0 amide bonds. The Labute approximate surface area is 176 Å². The molecule has 5 nitrogen and oxygen atoms in total. The summed E-state index contributed by atoms with van der Waals surface area (Å²) in [5.41, 5.74) is 3.61. The summed E-state index contributed by atoms with van der Waals surface area (Å²) in [6, 6.07) is 15.9. The molecule has 0 saturated carbocycles. The molecule has 140 valence electrons. The molecule has 0 N–H and O–H groups in total. The first-order valence-electron chi connectivity index (χ1n) is 8.44. The molecule has 0 fully saturated rings. The van der Waals surface area contributed by atoms with E-state index in [4.69, 9.17) is 0 Å². The minimum Gasteiger partial charge on any atom is -0.298 e. The summed E-state index contributed by atoms with van der Waals surface area (Å²) in [6.45, 7) is 1.91. The summed E-state index contributed by atoms with van der Waals surface area (Å²) in [7, 11) is -3.75. The third kappa shape index (κ3) is 3.24. The third-order valence-electron chi connectivity index (χ3n) is 4.50. The number of aryl methyl sites for hydroxylation is 1. The highest BCUT2D eigenvalue weighted by Gasteiger charge is 2.22. The quantitative estimate of drug-likeness (QED) is 0.301. The fourth-order valence-corrected chi connectivity index (χ4v) is 5.19. The van der Waals surface area contributed by atoms with Gasteiger partial charge in [-0.05, 0) is 59.3 Å². The molecule has 28 heavy (non-hydrogen) atoms. The number of carbonyl (C=O) groups is 1. The Morgan fingerprint density at radius 1 is 1.04 bits per heavy atom. The van der Waals surface area contributed by atoms with Crippen LogP contribution in [0.4, 0.5) is 0 Å². The second-order valence-electron chi connectivity index (χ2n) is 6.43. The van der Waals surface area contributed by atoms with Crippen molar-refractivity contribution in [2.45, 2.75) is 11.8 Å². The highest BCUT2D eigenvalue weighted by molar-refractivity contribution is 14.1. The number of rotatable bonds is 4. The van der Waals surface area contributed by atoms with Gasteiger partial charge in [0.05, 0.1) is 4.90 Å². The first-order valence-corrected chi connectivity index (χ1v) is 11.0. The van der Waals surface area contributed by atoms with Gasteiger partial charge in [-0.1, -0.05) is 35.9 Å². The lowest BCUT2D eigenvalue weighted by Crippen LogP contribution is -2.12. The van der Waals surface area contributed by atoms with Gasteiger partial charge in [0.15, 0.2) is 5.65 Å². The van der Waals surface area contributed by atoms with Crippen molar-refractivity contribution in [3.8, 4) is 11.1 Å².